The van der Waals surface area contributed by atoms with Crippen LogP contribution < -0.4 is 16.4 Å². The quantitative estimate of drug-likeness (QED) is 0.0315. The van der Waals surface area contributed by atoms with Crippen LogP contribution in [0.1, 0.15) is 190 Å². The Morgan fingerprint density at radius 1 is 0.573 bits per heavy atom. The van der Waals surface area contributed by atoms with Gasteiger partial charge in [0.05, 0.1) is 182 Å². The van der Waals surface area contributed by atoms with Crippen molar-refractivity contribution in [3.8, 4) is 0 Å². The third-order valence-electron chi connectivity index (χ3n) is 24.8. The monoisotopic (exact) mass is 1670 g/mol. The SMILES string of the molecule is Cc1cc(F)ccc1[C@H]1CN(C(=O)CCC(=O)NCCOCCOCCOCCOCCOCCOCCOCCOCCOCCOCCOCCOCCC(=O)N[C@@H](CC(=O)O[C@H]2CC[C@@]3(C)[C@@H](CC[C@@H]4[C@@H]3CC[C@]3(C)[C@@H]([C@H](C)CCCC(C)C)CC[C@@H]43)C2)C(N)=O)CC[C@@H]1C(=O)N(C)[C@@H](C)c1cc(C(F)(F)F)cc(C(F)(F)F)c1. The first-order valence-electron chi connectivity index (χ1n) is 42.5. The molecule has 24 nitrogen and oxygen atoms in total. The number of primary amides is 1. The summed E-state index contributed by atoms with van der Waals surface area (Å²) in [6.45, 7) is 24.1. The topological polar surface area (TPSA) is 279 Å². The predicted molar refractivity (Wildman–Crippen MR) is 422 cm³/mol. The van der Waals surface area contributed by atoms with Crippen LogP contribution in [0.5, 0.6) is 0 Å². The van der Waals surface area contributed by atoms with Crippen LogP contribution >= 0.6 is 0 Å². The normalized spacial score (nSPS) is 23.5. The van der Waals surface area contributed by atoms with Gasteiger partial charge in [-0.1, -0.05) is 59.9 Å². The third-order valence-corrected chi connectivity index (χ3v) is 24.8. The molecule has 2 aromatic carbocycles. The van der Waals surface area contributed by atoms with E-state index in [1.807, 2.05) is 0 Å². The molecule has 13 atom stereocenters. The highest BCUT2D eigenvalue weighted by atomic mass is 19.4. The second-order valence-electron chi connectivity index (χ2n) is 33.1. The first-order chi connectivity index (χ1) is 55.9. The number of halogens is 7. The van der Waals surface area contributed by atoms with Gasteiger partial charge in [0.1, 0.15) is 18.0 Å². The lowest BCUT2D eigenvalue weighted by Crippen LogP contribution is -2.54. The van der Waals surface area contributed by atoms with Crippen LogP contribution in [0.25, 0.3) is 0 Å². The van der Waals surface area contributed by atoms with E-state index in [2.05, 4.69) is 45.3 Å². The minimum Gasteiger partial charge on any atom is -0.462 e. The lowest BCUT2D eigenvalue weighted by atomic mass is 9.44. The fraction of sp³-hybridized carbons (Fsp3) is 0.791. The molecule has 0 spiro atoms. The minimum atomic E-state index is -5.08. The smallest absolute Gasteiger partial charge is 0.416 e. The highest BCUT2D eigenvalue weighted by Gasteiger charge is 2.61. The molecule has 5 aliphatic rings. The van der Waals surface area contributed by atoms with Crippen molar-refractivity contribution in [3.63, 3.8) is 0 Å². The van der Waals surface area contributed by atoms with E-state index in [0.717, 1.165) is 59.7 Å². The van der Waals surface area contributed by atoms with Crippen molar-refractivity contribution in [2.75, 3.05) is 185 Å². The molecule has 7 rings (SSSR count). The van der Waals surface area contributed by atoms with Gasteiger partial charge in [0.25, 0.3) is 0 Å². The van der Waals surface area contributed by atoms with Crippen molar-refractivity contribution in [3.05, 3.63) is 70.0 Å². The number of nitrogens with zero attached hydrogens (tertiary/aromatic N) is 2. The first-order valence-corrected chi connectivity index (χ1v) is 42.5. The summed E-state index contributed by atoms with van der Waals surface area (Å²) in [5.74, 6) is 0.0306. The van der Waals surface area contributed by atoms with Crippen LogP contribution in [-0.4, -0.2) is 243 Å². The second kappa shape index (κ2) is 50.6. The molecule has 2 aromatic rings. The number of nitrogens with two attached hydrogens (primary N) is 1. The molecular formula is C86H134F7N5O19. The number of rotatable bonds is 56. The summed E-state index contributed by atoms with van der Waals surface area (Å²) < 4.78 is 169. The number of carbonyl (C=O) groups excluding carboxylic acids is 6. The Labute approximate surface area is 687 Å². The zero-order valence-corrected chi connectivity index (χ0v) is 70.4. The molecule has 31 heteroatoms. The fourth-order valence-corrected chi connectivity index (χ4v) is 18.4. The zero-order chi connectivity index (χ0) is 85.0. The molecule has 0 aromatic heterocycles. The van der Waals surface area contributed by atoms with Crippen LogP contribution in [0, 0.1) is 70.9 Å². The largest absolute Gasteiger partial charge is 0.462 e. The molecule has 1 aliphatic heterocycles. The molecule has 666 valence electrons. The van der Waals surface area contributed by atoms with Crippen molar-refractivity contribution in [2.24, 2.45) is 63.9 Å². The first kappa shape index (κ1) is 98.4. The molecule has 0 unspecified atom stereocenters. The number of piperidine rings is 1. The van der Waals surface area contributed by atoms with Gasteiger partial charge in [0, 0.05) is 57.8 Å². The lowest BCUT2D eigenvalue weighted by molar-refractivity contribution is -0.164. The summed E-state index contributed by atoms with van der Waals surface area (Å²) in [5.41, 5.74) is 3.99. The molecule has 4 saturated carbocycles. The lowest BCUT2D eigenvalue weighted by Gasteiger charge is -2.61. The van der Waals surface area contributed by atoms with Crippen molar-refractivity contribution in [1.82, 2.24) is 20.4 Å². The molecule has 1 heterocycles. The van der Waals surface area contributed by atoms with Crippen molar-refractivity contribution in [2.45, 2.75) is 194 Å². The number of hydrogen-bond acceptors (Lipinski definition) is 19. The van der Waals surface area contributed by atoms with Gasteiger partial charge in [-0.2, -0.15) is 26.3 Å². The summed E-state index contributed by atoms with van der Waals surface area (Å²) in [6.07, 6.45) is 3.71. The molecule has 4 aliphatic carbocycles. The van der Waals surface area contributed by atoms with E-state index >= 15 is 0 Å². The van der Waals surface area contributed by atoms with E-state index in [1.54, 1.807) is 6.92 Å². The van der Waals surface area contributed by atoms with Crippen LogP contribution in [0.15, 0.2) is 36.4 Å². The Balaban J connectivity index is 0.573. The number of amides is 5. The maximum absolute atomic E-state index is 14.3. The van der Waals surface area contributed by atoms with E-state index in [-0.39, 0.29) is 107 Å². The number of alkyl halides is 6. The van der Waals surface area contributed by atoms with Gasteiger partial charge in [-0.15, -0.1) is 0 Å². The van der Waals surface area contributed by atoms with Crippen molar-refractivity contribution in [1.29, 1.82) is 0 Å². The van der Waals surface area contributed by atoms with Gasteiger partial charge < -0.3 is 87.7 Å². The van der Waals surface area contributed by atoms with Crippen molar-refractivity contribution < 1.29 is 121 Å². The standard InChI is InChI=1S/C86H134F7N5O19/c1-59(2)10-9-11-60(3)73-16-17-74-71-14-12-64-56-68(20-24-83(64,6)75(71)21-25-84(73,74)7)117-80(102)57-76(81(94)103)96-78(100)23-28-105-30-32-107-34-36-109-38-40-111-42-44-113-46-48-115-50-51-116-49-47-114-45-43-112-41-39-110-37-35-108-33-31-106-29-26-95-77(99)18-19-79(101)98-27-22-70(72(58-98)69-15-13-67(87)52-61(69)4)82(104)97(8)62(5)63-53-65(85(88,89)90)55-66(54-63)86(91,92)93/h13,15,52-55,59-60,62,64,68,70-76H,9-12,14,16-51,56-58H2,1-8H3,(H2,94,103)(H,95,99)(H,96,100)/t60-,62+,64+,68+,70+,71+,72-,73-,74+,75+,76+,83+,84-/m1/s1. The van der Waals surface area contributed by atoms with E-state index < -0.39 is 82.8 Å². The van der Waals surface area contributed by atoms with Crippen LogP contribution in [0.2, 0.25) is 0 Å². The average molecular weight is 1680 g/mol. The van der Waals surface area contributed by atoms with Crippen LogP contribution in [0.3, 0.4) is 0 Å². The summed E-state index contributed by atoms with van der Waals surface area (Å²) in [5, 5.41) is 5.31. The van der Waals surface area contributed by atoms with Crippen LogP contribution in [-0.2, 0) is 103 Å². The van der Waals surface area contributed by atoms with E-state index in [1.165, 1.54) is 94.9 Å². The number of nitrogens with one attached hydrogen (secondary N) is 2. The van der Waals surface area contributed by atoms with Gasteiger partial charge in [-0.3, -0.25) is 28.8 Å². The highest BCUT2D eigenvalue weighted by Crippen LogP contribution is 2.68. The molecule has 5 amide bonds. The molecule has 117 heavy (non-hydrogen) atoms. The Kier molecular flexibility index (Phi) is 42.6. The molecule has 0 bridgehead atoms. The number of likely N-dealkylation sites (tertiary alicyclic amines) is 1. The number of ether oxygens (including phenoxy) is 13. The van der Waals surface area contributed by atoms with Gasteiger partial charge in [0.15, 0.2) is 0 Å². The predicted octanol–water partition coefficient (Wildman–Crippen LogP) is 12.2. The van der Waals surface area contributed by atoms with E-state index in [0.29, 0.717) is 167 Å². The van der Waals surface area contributed by atoms with E-state index in [4.69, 9.17) is 67.3 Å². The highest BCUT2D eigenvalue weighted by molar-refractivity contribution is 5.90. The maximum Gasteiger partial charge on any atom is 0.416 e. The number of benzene rings is 2. The number of fused-ring (bicyclic) bond motifs is 5. The Morgan fingerprint density at radius 3 is 1.56 bits per heavy atom. The zero-order valence-electron chi connectivity index (χ0n) is 70.4. The molecular weight excluding hydrogens is 1540 g/mol. The fourth-order valence-electron chi connectivity index (χ4n) is 18.4. The Bertz CT molecular complexity index is 3280. The summed E-state index contributed by atoms with van der Waals surface area (Å²) in [7, 11) is 1.29. The Hall–Kier alpha value is -5.71. The van der Waals surface area contributed by atoms with Gasteiger partial charge in [0.2, 0.25) is 29.5 Å². The minimum absolute atomic E-state index is 0.00911. The number of carbonyl (C=O) groups is 6. The second-order valence-corrected chi connectivity index (χ2v) is 33.1. The van der Waals surface area contributed by atoms with Crippen LogP contribution in [0.4, 0.5) is 30.7 Å². The summed E-state index contributed by atoms with van der Waals surface area (Å²) >= 11 is 0. The summed E-state index contributed by atoms with van der Waals surface area (Å²) in [6, 6.07) is 2.78. The molecule has 1 saturated heterocycles. The number of esters is 1. The number of hydrogen-bond donors (Lipinski definition) is 3. The molecule has 5 fully saturated rings. The Morgan fingerprint density at radius 2 is 1.07 bits per heavy atom. The summed E-state index contributed by atoms with van der Waals surface area (Å²) in [4.78, 5) is 81.3. The third kappa shape index (κ3) is 32.6. The van der Waals surface area contributed by atoms with Gasteiger partial charge in [-0.25, -0.2) is 4.39 Å². The van der Waals surface area contributed by atoms with Gasteiger partial charge in [-0.05, 0) is 177 Å². The number of aryl methyl sites for hydroxylation is 1. The molecule has 0 radical (unpaired) electrons. The maximum atomic E-state index is 14.3. The molecule has 4 N–H and O–H groups in total. The van der Waals surface area contributed by atoms with Gasteiger partial charge >= 0.3 is 18.3 Å². The van der Waals surface area contributed by atoms with E-state index in [9.17, 15) is 59.5 Å². The van der Waals surface area contributed by atoms with Crippen molar-refractivity contribution >= 4 is 35.5 Å². The average Bonchev–Trinajstić information content (AvgIpc) is 1.65.